The van der Waals surface area contributed by atoms with E-state index in [2.05, 4.69) is 21.7 Å². The standard InChI is InChI=1S/C19H25N3O3S2/c1-21(2)27(24,25)16-9-7-15(8-10-16)19(23)20-14-17(18-6-5-13-26-18)22-11-3-4-12-22/h5-10,13,17H,3-4,11-12,14H2,1-2H3,(H,20,23)/t17-/m0/s1. The van der Waals surface area contributed by atoms with Gasteiger partial charge in [-0.1, -0.05) is 6.07 Å². The lowest BCUT2D eigenvalue weighted by atomic mass is 10.2. The first kappa shape index (κ1) is 20.0. The molecule has 2 aromatic rings. The van der Waals surface area contributed by atoms with Gasteiger partial charge in [0, 0.05) is 31.1 Å². The summed E-state index contributed by atoms with van der Waals surface area (Å²) in [6.45, 7) is 2.64. The zero-order valence-electron chi connectivity index (χ0n) is 15.6. The highest BCUT2D eigenvalue weighted by molar-refractivity contribution is 7.89. The first-order valence-corrected chi connectivity index (χ1v) is 11.3. The molecule has 1 amide bonds. The fraction of sp³-hybridized carbons (Fsp3) is 0.421. The van der Waals surface area contributed by atoms with E-state index in [0.717, 1.165) is 17.4 Å². The number of hydrogen-bond acceptors (Lipinski definition) is 5. The summed E-state index contributed by atoms with van der Waals surface area (Å²) in [6, 6.07) is 10.4. The maximum atomic E-state index is 12.5. The van der Waals surface area contributed by atoms with E-state index in [1.54, 1.807) is 23.5 Å². The van der Waals surface area contributed by atoms with Crippen molar-refractivity contribution in [3.05, 3.63) is 52.2 Å². The van der Waals surface area contributed by atoms with Gasteiger partial charge in [0.05, 0.1) is 10.9 Å². The molecule has 8 heteroatoms. The number of amides is 1. The summed E-state index contributed by atoms with van der Waals surface area (Å²) >= 11 is 1.71. The van der Waals surface area contributed by atoms with Gasteiger partial charge in [0.2, 0.25) is 10.0 Å². The fourth-order valence-corrected chi connectivity index (χ4v) is 4.99. The Kier molecular flexibility index (Phi) is 6.31. The Bertz CT molecular complexity index is 856. The number of benzene rings is 1. The monoisotopic (exact) mass is 407 g/mol. The highest BCUT2D eigenvalue weighted by Crippen LogP contribution is 2.28. The molecule has 1 aliphatic rings. The summed E-state index contributed by atoms with van der Waals surface area (Å²) in [4.78, 5) is 16.4. The summed E-state index contributed by atoms with van der Waals surface area (Å²) in [5.41, 5.74) is 0.457. The second-order valence-corrected chi connectivity index (χ2v) is 9.93. The van der Waals surface area contributed by atoms with Crippen LogP contribution in [-0.2, 0) is 10.0 Å². The summed E-state index contributed by atoms with van der Waals surface area (Å²) in [6.07, 6.45) is 2.38. The maximum absolute atomic E-state index is 12.5. The van der Waals surface area contributed by atoms with E-state index in [0.29, 0.717) is 12.1 Å². The average molecular weight is 408 g/mol. The molecule has 1 saturated heterocycles. The smallest absolute Gasteiger partial charge is 0.251 e. The second-order valence-electron chi connectivity index (χ2n) is 6.80. The van der Waals surface area contributed by atoms with Gasteiger partial charge >= 0.3 is 0 Å². The minimum atomic E-state index is -3.49. The Morgan fingerprint density at radius 3 is 2.41 bits per heavy atom. The average Bonchev–Trinajstić information content (AvgIpc) is 3.36. The fourth-order valence-electron chi connectivity index (χ4n) is 3.22. The molecule has 146 valence electrons. The summed E-state index contributed by atoms with van der Waals surface area (Å²) in [5, 5.41) is 5.07. The van der Waals surface area contributed by atoms with E-state index in [4.69, 9.17) is 0 Å². The van der Waals surface area contributed by atoms with Gasteiger partial charge in [0.1, 0.15) is 0 Å². The molecule has 0 saturated carbocycles. The molecule has 6 nitrogen and oxygen atoms in total. The van der Waals surface area contributed by atoms with Crippen LogP contribution in [0, 0.1) is 0 Å². The van der Waals surface area contributed by atoms with Gasteiger partial charge in [-0.2, -0.15) is 0 Å². The van der Waals surface area contributed by atoms with Crippen LogP contribution in [0.2, 0.25) is 0 Å². The minimum Gasteiger partial charge on any atom is -0.350 e. The molecule has 0 radical (unpaired) electrons. The second kappa shape index (κ2) is 8.52. The number of likely N-dealkylation sites (tertiary alicyclic amines) is 1. The Morgan fingerprint density at radius 2 is 1.85 bits per heavy atom. The minimum absolute atomic E-state index is 0.178. The van der Waals surface area contributed by atoms with Gasteiger partial charge in [-0.15, -0.1) is 11.3 Å². The van der Waals surface area contributed by atoms with Crippen molar-refractivity contribution in [1.29, 1.82) is 0 Å². The van der Waals surface area contributed by atoms with E-state index in [9.17, 15) is 13.2 Å². The van der Waals surface area contributed by atoms with Gasteiger partial charge in [-0.3, -0.25) is 9.69 Å². The Hall–Kier alpha value is -1.74. The Balaban J connectivity index is 1.67. The van der Waals surface area contributed by atoms with E-state index in [1.165, 1.54) is 43.9 Å². The molecule has 27 heavy (non-hydrogen) atoms. The topological polar surface area (TPSA) is 69.7 Å². The highest BCUT2D eigenvalue weighted by Gasteiger charge is 2.25. The van der Waals surface area contributed by atoms with E-state index < -0.39 is 10.0 Å². The predicted molar refractivity (Wildman–Crippen MR) is 108 cm³/mol. The zero-order chi connectivity index (χ0) is 19.4. The number of sulfonamides is 1. The lowest BCUT2D eigenvalue weighted by Crippen LogP contribution is -2.36. The van der Waals surface area contributed by atoms with Crippen molar-refractivity contribution in [2.75, 3.05) is 33.7 Å². The van der Waals surface area contributed by atoms with Gasteiger partial charge in [0.15, 0.2) is 0 Å². The highest BCUT2D eigenvalue weighted by atomic mass is 32.2. The van der Waals surface area contributed by atoms with Gasteiger partial charge in [-0.05, 0) is 61.6 Å². The third-order valence-electron chi connectivity index (χ3n) is 4.80. The van der Waals surface area contributed by atoms with Crippen LogP contribution in [0.3, 0.4) is 0 Å². The van der Waals surface area contributed by atoms with Gasteiger partial charge < -0.3 is 5.32 Å². The van der Waals surface area contributed by atoms with Crippen LogP contribution in [-0.4, -0.2) is 57.3 Å². The molecule has 2 heterocycles. The molecule has 3 rings (SSSR count). The van der Waals surface area contributed by atoms with Crippen molar-refractivity contribution in [2.45, 2.75) is 23.8 Å². The molecule has 1 aliphatic heterocycles. The third-order valence-corrected chi connectivity index (χ3v) is 7.61. The van der Waals surface area contributed by atoms with E-state index in [1.807, 2.05) is 6.07 Å². The lowest BCUT2D eigenvalue weighted by Gasteiger charge is -2.27. The number of nitrogens with one attached hydrogen (secondary N) is 1. The number of carbonyl (C=O) groups is 1. The van der Waals surface area contributed by atoms with Crippen molar-refractivity contribution in [3.63, 3.8) is 0 Å². The Labute approximate surface area is 164 Å². The summed E-state index contributed by atoms with van der Waals surface area (Å²) in [7, 11) is -0.519. The van der Waals surface area contributed by atoms with Crippen LogP contribution < -0.4 is 5.32 Å². The van der Waals surface area contributed by atoms with Crippen LogP contribution in [0.4, 0.5) is 0 Å². The number of rotatable bonds is 7. The molecular weight excluding hydrogens is 382 g/mol. The first-order valence-electron chi connectivity index (χ1n) is 8.98. The molecule has 1 aromatic carbocycles. The molecule has 0 aliphatic carbocycles. The molecule has 0 spiro atoms. The van der Waals surface area contributed by atoms with Crippen molar-refractivity contribution < 1.29 is 13.2 Å². The van der Waals surface area contributed by atoms with Crippen molar-refractivity contribution in [2.24, 2.45) is 0 Å². The predicted octanol–water partition coefficient (Wildman–Crippen LogP) is 2.57. The van der Waals surface area contributed by atoms with E-state index >= 15 is 0 Å². The molecule has 1 atom stereocenters. The molecule has 0 bridgehead atoms. The van der Waals surface area contributed by atoms with E-state index in [-0.39, 0.29) is 16.8 Å². The van der Waals surface area contributed by atoms with Gasteiger partial charge in [0.25, 0.3) is 5.91 Å². The normalized spacial score (nSPS) is 16.6. The largest absolute Gasteiger partial charge is 0.350 e. The van der Waals surface area contributed by atoms with Crippen LogP contribution in [0.15, 0.2) is 46.7 Å². The molecule has 0 unspecified atom stereocenters. The molecular formula is C19H25N3O3S2. The summed E-state index contributed by atoms with van der Waals surface area (Å²) < 4.78 is 25.4. The van der Waals surface area contributed by atoms with Crippen molar-refractivity contribution in [1.82, 2.24) is 14.5 Å². The number of carbonyl (C=O) groups excluding carboxylic acids is 1. The van der Waals surface area contributed by atoms with Crippen LogP contribution in [0.1, 0.15) is 34.1 Å². The Morgan fingerprint density at radius 1 is 1.19 bits per heavy atom. The SMILES string of the molecule is CN(C)S(=O)(=O)c1ccc(C(=O)NC[C@@H](c2cccs2)N2CCCC2)cc1. The van der Waals surface area contributed by atoms with Crippen molar-refractivity contribution >= 4 is 27.3 Å². The third kappa shape index (κ3) is 4.57. The number of nitrogens with zero attached hydrogens (tertiary/aromatic N) is 2. The molecule has 1 aromatic heterocycles. The quantitative estimate of drug-likeness (QED) is 0.766. The van der Waals surface area contributed by atoms with Crippen LogP contribution in [0.25, 0.3) is 0 Å². The lowest BCUT2D eigenvalue weighted by molar-refractivity contribution is 0.0938. The van der Waals surface area contributed by atoms with Gasteiger partial charge in [-0.25, -0.2) is 12.7 Å². The van der Waals surface area contributed by atoms with Crippen LogP contribution in [0.5, 0.6) is 0 Å². The van der Waals surface area contributed by atoms with Crippen molar-refractivity contribution in [3.8, 4) is 0 Å². The summed E-state index contributed by atoms with van der Waals surface area (Å²) in [5.74, 6) is -0.190. The number of thiophene rings is 1. The maximum Gasteiger partial charge on any atom is 0.251 e. The number of hydrogen-bond donors (Lipinski definition) is 1. The molecule has 1 fully saturated rings. The zero-order valence-corrected chi connectivity index (χ0v) is 17.2. The molecule has 1 N–H and O–H groups in total. The van der Waals surface area contributed by atoms with Crippen LogP contribution >= 0.6 is 11.3 Å². The first-order chi connectivity index (χ1) is 12.9.